The van der Waals surface area contributed by atoms with E-state index in [1.165, 1.54) is 12.1 Å². The molecule has 0 aliphatic carbocycles. The van der Waals surface area contributed by atoms with Crippen molar-refractivity contribution in [2.24, 2.45) is 0 Å². The smallest absolute Gasteiger partial charge is 0.340 e. The van der Waals surface area contributed by atoms with Gasteiger partial charge in [0.25, 0.3) is 0 Å². The molecule has 0 aliphatic heterocycles. The van der Waals surface area contributed by atoms with Crippen molar-refractivity contribution in [2.45, 2.75) is 0 Å². The van der Waals surface area contributed by atoms with Gasteiger partial charge in [-0.15, -0.1) is 0 Å². The summed E-state index contributed by atoms with van der Waals surface area (Å²) in [7, 11) is 0. The molecule has 92 valence electrons. The summed E-state index contributed by atoms with van der Waals surface area (Å²) in [5, 5.41) is 11.9. The van der Waals surface area contributed by atoms with E-state index in [4.69, 9.17) is 5.11 Å². The van der Waals surface area contributed by atoms with Crippen LogP contribution >= 0.6 is 15.9 Å². The molecular formula is C13H9BrFNO2. The summed E-state index contributed by atoms with van der Waals surface area (Å²) in [5.41, 5.74) is 0.538. The fourth-order valence-electron chi connectivity index (χ4n) is 1.57. The van der Waals surface area contributed by atoms with Gasteiger partial charge in [0.05, 0.1) is 5.69 Å². The number of carboxylic acid groups (broad SMARTS) is 1. The Hall–Kier alpha value is -1.88. The van der Waals surface area contributed by atoms with Gasteiger partial charge in [-0.05, 0) is 30.3 Å². The van der Waals surface area contributed by atoms with Gasteiger partial charge in [0.15, 0.2) is 0 Å². The van der Waals surface area contributed by atoms with Crippen LogP contribution in [0.2, 0.25) is 0 Å². The molecule has 3 nitrogen and oxygen atoms in total. The summed E-state index contributed by atoms with van der Waals surface area (Å²) in [4.78, 5) is 11.0. The van der Waals surface area contributed by atoms with E-state index in [0.29, 0.717) is 5.69 Å². The maximum atomic E-state index is 13.5. The SMILES string of the molecule is O=C(O)c1c(F)cccc1Nc1cccc(Br)c1. The van der Waals surface area contributed by atoms with E-state index >= 15 is 0 Å². The maximum Gasteiger partial charge on any atom is 0.340 e. The first kappa shape index (κ1) is 12.6. The highest BCUT2D eigenvalue weighted by Gasteiger charge is 2.15. The first-order valence-corrected chi connectivity index (χ1v) is 5.91. The van der Waals surface area contributed by atoms with Crippen molar-refractivity contribution < 1.29 is 14.3 Å². The third kappa shape index (κ3) is 2.68. The number of benzene rings is 2. The van der Waals surface area contributed by atoms with E-state index in [1.54, 1.807) is 18.2 Å². The first-order chi connectivity index (χ1) is 8.58. The zero-order chi connectivity index (χ0) is 13.1. The van der Waals surface area contributed by atoms with Gasteiger partial charge in [-0.25, -0.2) is 9.18 Å². The molecule has 5 heteroatoms. The summed E-state index contributed by atoms with van der Waals surface area (Å²) in [6, 6.07) is 11.3. The maximum absolute atomic E-state index is 13.5. The van der Waals surface area contributed by atoms with Crippen molar-refractivity contribution in [2.75, 3.05) is 5.32 Å². The van der Waals surface area contributed by atoms with Crippen LogP contribution in [0.5, 0.6) is 0 Å². The summed E-state index contributed by atoms with van der Waals surface area (Å²) < 4.78 is 14.3. The van der Waals surface area contributed by atoms with Crippen LogP contribution in [0, 0.1) is 5.82 Å². The molecule has 0 bridgehead atoms. The lowest BCUT2D eigenvalue weighted by atomic mass is 10.1. The summed E-state index contributed by atoms with van der Waals surface area (Å²) in [5.74, 6) is -2.06. The van der Waals surface area contributed by atoms with Gasteiger partial charge in [0.1, 0.15) is 11.4 Å². The molecule has 2 aromatic rings. The molecular weight excluding hydrogens is 301 g/mol. The molecule has 0 amide bonds. The highest BCUT2D eigenvalue weighted by atomic mass is 79.9. The quantitative estimate of drug-likeness (QED) is 0.900. The third-order valence-corrected chi connectivity index (χ3v) is 2.82. The van der Waals surface area contributed by atoms with Gasteiger partial charge in [-0.1, -0.05) is 28.1 Å². The Morgan fingerprint density at radius 2 is 1.94 bits per heavy atom. The van der Waals surface area contributed by atoms with E-state index in [1.807, 2.05) is 6.07 Å². The Morgan fingerprint density at radius 3 is 2.61 bits per heavy atom. The Kier molecular flexibility index (Phi) is 3.62. The Balaban J connectivity index is 2.40. The molecule has 0 radical (unpaired) electrons. The Bertz CT molecular complexity index is 601. The molecule has 0 saturated heterocycles. The topological polar surface area (TPSA) is 49.3 Å². The van der Waals surface area contributed by atoms with Crippen LogP contribution < -0.4 is 5.32 Å². The average molecular weight is 310 g/mol. The molecule has 0 spiro atoms. The van der Waals surface area contributed by atoms with Gasteiger partial charge >= 0.3 is 5.97 Å². The second-order valence-corrected chi connectivity index (χ2v) is 4.52. The number of hydrogen-bond donors (Lipinski definition) is 2. The summed E-state index contributed by atoms with van der Waals surface area (Å²) in [6.45, 7) is 0. The molecule has 0 fully saturated rings. The minimum atomic E-state index is -1.30. The van der Waals surface area contributed by atoms with E-state index in [0.717, 1.165) is 10.5 Å². The molecule has 18 heavy (non-hydrogen) atoms. The average Bonchev–Trinajstić information content (AvgIpc) is 2.28. The van der Waals surface area contributed by atoms with Gasteiger partial charge in [-0.2, -0.15) is 0 Å². The molecule has 2 rings (SSSR count). The van der Waals surface area contributed by atoms with Crippen LogP contribution in [0.25, 0.3) is 0 Å². The first-order valence-electron chi connectivity index (χ1n) is 5.12. The number of hydrogen-bond acceptors (Lipinski definition) is 2. The predicted molar refractivity (Wildman–Crippen MR) is 70.8 cm³/mol. The van der Waals surface area contributed by atoms with E-state index < -0.39 is 11.8 Å². The minimum Gasteiger partial charge on any atom is -0.478 e. The number of carbonyl (C=O) groups is 1. The molecule has 0 heterocycles. The van der Waals surface area contributed by atoms with Crippen LogP contribution in [-0.4, -0.2) is 11.1 Å². The summed E-state index contributed by atoms with van der Waals surface area (Å²) in [6.07, 6.45) is 0. The molecule has 0 unspecified atom stereocenters. The zero-order valence-corrected chi connectivity index (χ0v) is 10.7. The van der Waals surface area contributed by atoms with Crippen LogP contribution in [0.15, 0.2) is 46.9 Å². The molecule has 0 saturated carbocycles. The lowest BCUT2D eigenvalue weighted by Gasteiger charge is -2.10. The zero-order valence-electron chi connectivity index (χ0n) is 9.15. The van der Waals surface area contributed by atoms with Crippen LogP contribution in [-0.2, 0) is 0 Å². The van der Waals surface area contributed by atoms with Crippen molar-refractivity contribution in [1.82, 2.24) is 0 Å². The highest BCUT2D eigenvalue weighted by molar-refractivity contribution is 9.10. The van der Waals surface area contributed by atoms with Crippen molar-refractivity contribution in [3.05, 3.63) is 58.3 Å². The number of aromatic carboxylic acids is 1. The minimum absolute atomic E-state index is 0.223. The Morgan fingerprint density at radius 1 is 1.22 bits per heavy atom. The van der Waals surface area contributed by atoms with Crippen molar-refractivity contribution in [1.29, 1.82) is 0 Å². The van der Waals surface area contributed by atoms with Crippen molar-refractivity contribution in [3.63, 3.8) is 0 Å². The second kappa shape index (κ2) is 5.18. The monoisotopic (exact) mass is 309 g/mol. The van der Waals surface area contributed by atoms with E-state index in [-0.39, 0.29) is 11.3 Å². The van der Waals surface area contributed by atoms with Gasteiger partial charge in [0.2, 0.25) is 0 Å². The highest BCUT2D eigenvalue weighted by Crippen LogP contribution is 2.25. The van der Waals surface area contributed by atoms with Crippen molar-refractivity contribution >= 4 is 33.3 Å². The predicted octanol–water partition coefficient (Wildman–Crippen LogP) is 4.03. The fraction of sp³-hybridized carbons (Fsp3) is 0. The molecule has 2 aromatic carbocycles. The fourth-order valence-corrected chi connectivity index (χ4v) is 1.97. The number of halogens is 2. The lowest BCUT2D eigenvalue weighted by Crippen LogP contribution is -2.05. The van der Waals surface area contributed by atoms with Crippen LogP contribution in [0.4, 0.5) is 15.8 Å². The number of rotatable bonds is 3. The van der Waals surface area contributed by atoms with Crippen LogP contribution in [0.1, 0.15) is 10.4 Å². The van der Waals surface area contributed by atoms with Gasteiger partial charge in [-0.3, -0.25) is 0 Å². The normalized spacial score (nSPS) is 10.1. The van der Waals surface area contributed by atoms with E-state index in [2.05, 4.69) is 21.2 Å². The standard InChI is InChI=1S/C13H9BrFNO2/c14-8-3-1-4-9(7-8)16-11-6-2-5-10(15)12(11)13(17)18/h1-7,16H,(H,17,18). The van der Waals surface area contributed by atoms with E-state index in [9.17, 15) is 9.18 Å². The second-order valence-electron chi connectivity index (χ2n) is 3.60. The van der Waals surface area contributed by atoms with Gasteiger partial charge in [0, 0.05) is 10.2 Å². The number of carboxylic acids is 1. The molecule has 0 atom stereocenters. The van der Waals surface area contributed by atoms with Gasteiger partial charge < -0.3 is 10.4 Å². The number of anilines is 2. The summed E-state index contributed by atoms with van der Waals surface area (Å²) >= 11 is 3.31. The molecule has 0 aliphatic rings. The number of nitrogens with one attached hydrogen (secondary N) is 1. The lowest BCUT2D eigenvalue weighted by molar-refractivity contribution is 0.0693. The third-order valence-electron chi connectivity index (χ3n) is 2.33. The molecule has 2 N–H and O–H groups in total. The largest absolute Gasteiger partial charge is 0.478 e. The Labute approximate surface area is 111 Å². The molecule has 0 aromatic heterocycles. The van der Waals surface area contributed by atoms with Crippen LogP contribution in [0.3, 0.4) is 0 Å². The van der Waals surface area contributed by atoms with Crippen molar-refractivity contribution in [3.8, 4) is 0 Å².